The SMILES string of the molecule is O=C(NCCc1ccncc1)NCC[C@H](O)C(=O)O. The summed E-state index contributed by atoms with van der Waals surface area (Å²) in [7, 11) is 0. The second kappa shape index (κ2) is 8.04. The lowest BCUT2D eigenvalue weighted by Crippen LogP contribution is -2.38. The summed E-state index contributed by atoms with van der Waals surface area (Å²) >= 11 is 0. The minimum atomic E-state index is -1.45. The van der Waals surface area contributed by atoms with Gasteiger partial charge in [0.05, 0.1) is 0 Å². The van der Waals surface area contributed by atoms with Crippen molar-refractivity contribution in [1.82, 2.24) is 15.6 Å². The molecular formula is C12H17N3O4. The van der Waals surface area contributed by atoms with E-state index >= 15 is 0 Å². The molecule has 0 bridgehead atoms. The van der Waals surface area contributed by atoms with E-state index in [9.17, 15) is 9.59 Å². The van der Waals surface area contributed by atoms with Crippen LogP contribution >= 0.6 is 0 Å². The summed E-state index contributed by atoms with van der Waals surface area (Å²) in [6.45, 7) is 0.575. The summed E-state index contributed by atoms with van der Waals surface area (Å²) in [4.78, 5) is 25.5. The van der Waals surface area contributed by atoms with Crippen molar-refractivity contribution in [2.75, 3.05) is 13.1 Å². The van der Waals surface area contributed by atoms with Gasteiger partial charge in [0.15, 0.2) is 6.10 Å². The van der Waals surface area contributed by atoms with Gasteiger partial charge in [0.2, 0.25) is 0 Å². The zero-order chi connectivity index (χ0) is 14.1. The molecule has 0 aliphatic carbocycles. The van der Waals surface area contributed by atoms with Gasteiger partial charge in [0.25, 0.3) is 0 Å². The highest BCUT2D eigenvalue weighted by Crippen LogP contribution is 1.95. The number of aliphatic hydroxyl groups is 1. The fraction of sp³-hybridized carbons (Fsp3) is 0.417. The third-order valence-corrected chi connectivity index (χ3v) is 2.44. The van der Waals surface area contributed by atoms with Gasteiger partial charge >= 0.3 is 12.0 Å². The van der Waals surface area contributed by atoms with Crippen LogP contribution in [-0.2, 0) is 11.2 Å². The van der Waals surface area contributed by atoms with E-state index in [-0.39, 0.29) is 19.0 Å². The predicted molar refractivity (Wildman–Crippen MR) is 67.6 cm³/mol. The zero-order valence-electron chi connectivity index (χ0n) is 10.4. The largest absolute Gasteiger partial charge is 0.479 e. The third kappa shape index (κ3) is 6.37. The first-order valence-electron chi connectivity index (χ1n) is 5.91. The molecule has 2 amide bonds. The maximum atomic E-state index is 11.3. The van der Waals surface area contributed by atoms with Gasteiger partial charge in [-0.25, -0.2) is 9.59 Å². The first kappa shape index (κ1) is 14.9. The smallest absolute Gasteiger partial charge is 0.332 e. The molecule has 0 spiro atoms. The van der Waals surface area contributed by atoms with Crippen LogP contribution in [0.5, 0.6) is 0 Å². The maximum absolute atomic E-state index is 11.3. The van der Waals surface area contributed by atoms with Gasteiger partial charge in [-0.2, -0.15) is 0 Å². The van der Waals surface area contributed by atoms with Crippen molar-refractivity contribution in [2.45, 2.75) is 18.9 Å². The fourth-order valence-corrected chi connectivity index (χ4v) is 1.38. The van der Waals surface area contributed by atoms with E-state index in [0.717, 1.165) is 5.56 Å². The minimum Gasteiger partial charge on any atom is -0.479 e. The van der Waals surface area contributed by atoms with Crippen molar-refractivity contribution in [3.63, 3.8) is 0 Å². The molecule has 1 rings (SSSR count). The van der Waals surface area contributed by atoms with Gasteiger partial charge in [0, 0.05) is 31.9 Å². The van der Waals surface area contributed by atoms with E-state index in [4.69, 9.17) is 10.2 Å². The molecule has 0 unspecified atom stereocenters. The van der Waals surface area contributed by atoms with Crippen LogP contribution in [0.3, 0.4) is 0 Å². The Balaban J connectivity index is 2.10. The number of carbonyl (C=O) groups excluding carboxylic acids is 1. The molecule has 7 heteroatoms. The van der Waals surface area contributed by atoms with E-state index in [0.29, 0.717) is 13.0 Å². The van der Waals surface area contributed by atoms with Crippen LogP contribution in [0.2, 0.25) is 0 Å². The minimum absolute atomic E-state index is 0.0207. The summed E-state index contributed by atoms with van der Waals surface area (Å²) in [5.74, 6) is -1.29. The van der Waals surface area contributed by atoms with E-state index in [1.807, 2.05) is 12.1 Å². The standard InChI is InChI=1S/C12H17N3O4/c16-10(11(17)18)4-8-15-12(19)14-7-3-9-1-5-13-6-2-9/h1-2,5-6,10,16H,3-4,7-8H2,(H,17,18)(H2,14,15,19)/t10-/m0/s1. The zero-order valence-corrected chi connectivity index (χ0v) is 10.4. The van der Waals surface area contributed by atoms with Gasteiger partial charge in [0.1, 0.15) is 0 Å². The number of rotatable bonds is 7. The third-order valence-electron chi connectivity index (χ3n) is 2.44. The number of hydrogen-bond acceptors (Lipinski definition) is 4. The Kier molecular flexibility index (Phi) is 6.31. The van der Waals surface area contributed by atoms with Gasteiger partial charge in [-0.15, -0.1) is 0 Å². The molecule has 0 aliphatic rings. The van der Waals surface area contributed by atoms with Crippen molar-refractivity contribution in [2.24, 2.45) is 0 Å². The van der Waals surface area contributed by atoms with Gasteiger partial charge in [-0.1, -0.05) is 0 Å². The van der Waals surface area contributed by atoms with Crippen LogP contribution in [0.25, 0.3) is 0 Å². The van der Waals surface area contributed by atoms with Crippen LogP contribution in [0.15, 0.2) is 24.5 Å². The molecule has 104 valence electrons. The molecule has 7 nitrogen and oxygen atoms in total. The van der Waals surface area contributed by atoms with Crippen LogP contribution in [0, 0.1) is 0 Å². The van der Waals surface area contributed by atoms with E-state index in [2.05, 4.69) is 15.6 Å². The van der Waals surface area contributed by atoms with Crippen molar-refractivity contribution in [3.8, 4) is 0 Å². The molecule has 0 aliphatic heterocycles. The number of aromatic nitrogens is 1. The number of aliphatic carboxylic acids is 1. The predicted octanol–water partition coefficient (Wildman–Crippen LogP) is -0.241. The molecule has 1 atom stereocenters. The molecular weight excluding hydrogens is 250 g/mol. The normalized spacial score (nSPS) is 11.6. The fourth-order valence-electron chi connectivity index (χ4n) is 1.38. The Morgan fingerprint density at radius 3 is 2.47 bits per heavy atom. The first-order valence-corrected chi connectivity index (χ1v) is 5.91. The van der Waals surface area contributed by atoms with Crippen molar-refractivity contribution in [3.05, 3.63) is 30.1 Å². The Morgan fingerprint density at radius 2 is 1.84 bits per heavy atom. The number of nitrogens with zero attached hydrogens (tertiary/aromatic N) is 1. The molecule has 0 saturated carbocycles. The molecule has 0 radical (unpaired) electrons. The molecule has 1 aromatic heterocycles. The average molecular weight is 267 g/mol. The number of carbonyl (C=O) groups is 2. The molecule has 19 heavy (non-hydrogen) atoms. The molecule has 1 aromatic rings. The van der Waals surface area contributed by atoms with Crippen molar-refractivity contribution >= 4 is 12.0 Å². The lowest BCUT2D eigenvalue weighted by molar-refractivity contribution is -0.146. The number of amides is 2. The summed E-state index contributed by atoms with van der Waals surface area (Å²) in [5.41, 5.74) is 1.07. The maximum Gasteiger partial charge on any atom is 0.332 e. The molecule has 0 saturated heterocycles. The summed E-state index contributed by atoms with van der Waals surface area (Å²) < 4.78 is 0. The topological polar surface area (TPSA) is 112 Å². The van der Waals surface area contributed by atoms with Crippen LogP contribution < -0.4 is 10.6 Å². The highest BCUT2D eigenvalue weighted by atomic mass is 16.4. The number of hydrogen-bond donors (Lipinski definition) is 4. The summed E-state index contributed by atoms with van der Waals surface area (Å²) in [5, 5.41) is 22.5. The number of pyridine rings is 1. The molecule has 1 heterocycles. The Labute approximate surface area is 110 Å². The number of carboxylic acid groups (broad SMARTS) is 1. The van der Waals surface area contributed by atoms with Crippen LogP contribution in [0.1, 0.15) is 12.0 Å². The molecule has 4 N–H and O–H groups in total. The number of aliphatic hydroxyl groups excluding tert-OH is 1. The van der Waals surface area contributed by atoms with E-state index < -0.39 is 12.1 Å². The van der Waals surface area contributed by atoms with Crippen LogP contribution in [0.4, 0.5) is 4.79 Å². The summed E-state index contributed by atoms with van der Waals surface area (Å²) in [6.07, 6.45) is 2.59. The number of nitrogens with one attached hydrogen (secondary N) is 2. The lowest BCUT2D eigenvalue weighted by Gasteiger charge is -2.08. The average Bonchev–Trinajstić information content (AvgIpc) is 2.39. The van der Waals surface area contributed by atoms with Gasteiger partial charge in [-0.05, 0) is 24.1 Å². The van der Waals surface area contributed by atoms with Gasteiger partial charge in [-0.3, -0.25) is 4.98 Å². The van der Waals surface area contributed by atoms with E-state index in [1.54, 1.807) is 12.4 Å². The number of carboxylic acids is 1. The van der Waals surface area contributed by atoms with Crippen molar-refractivity contribution < 1.29 is 19.8 Å². The lowest BCUT2D eigenvalue weighted by atomic mass is 10.2. The Morgan fingerprint density at radius 1 is 1.21 bits per heavy atom. The van der Waals surface area contributed by atoms with E-state index in [1.165, 1.54) is 0 Å². The highest BCUT2D eigenvalue weighted by molar-refractivity contribution is 5.74. The Hall–Kier alpha value is -2.15. The second-order valence-corrected chi connectivity index (χ2v) is 3.93. The Bertz CT molecular complexity index is 411. The highest BCUT2D eigenvalue weighted by Gasteiger charge is 2.12. The molecule has 0 aromatic carbocycles. The monoisotopic (exact) mass is 267 g/mol. The van der Waals surface area contributed by atoms with Gasteiger partial charge < -0.3 is 20.8 Å². The molecule has 0 fully saturated rings. The van der Waals surface area contributed by atoms with Crippen molar-refractivity contribution in [1.29, 1.82) is 0 Å². The first-order chi connectivity index (χ1) is 9.09. The second-order valence-electron chi connectivity index (χ2n) is 3.93. The quantitative estimate of drug-likeness (QED) is 0.544. The number of urea groups is 1. The summed E-state index contributed by atoms with van der Waals surface area (Å²) in [6, 6.07) is 3.35. The van der Waals surface area contributed by atoms with Crippen LogP contribution in [-0.4, -0.2) is 46.4 Å².